The zero-order valence-electron chi connectivity index (χ0n) is 8.85. The minimum absolute atomic E-state index is 0.148. The summed E-state index contributed by atoms with van der Waals surface area (Å²) in [7, 11) is 3.58. The second-order valence-corrected chi connectivity index (χ2v) is 3.75. The Kier molecular flexibility index (Phi) is 6.16. The Morgan fingerprint density at radius 3 is 2.08 bits per heavy atom. The lowest BCUT2D eigenvalue weighted by atomic mass is 10.0. The molecule has 13 heavy (non-hydrogen) atoms. The molecule has 0 heterocycles. The maximum atomic E-state index is 12.0. The van der Waals surface area contributed by atoms with Crippen LogP contribution in [0.2, 0.25) is 0 Å². The van der Waals surface area contributed by atoms with E-state index in [1.54, 1.807) is 11.9 Å². The Balaban J connectivity index is 3.79. The Hall–Kier alpha value is -0.220. The summed E-state index contributed by atoms with van der Waals surface area (Å²) < 4.78 is 24.0. The molecule has 0 amide bonds. The number of rotatable bonds is 6. The Labute approximate surface area is 79.3 Å². The van der Waals surface area contributed by atoms with Crippen molar-refractivity contribution in [1.82, 2.24) is 10.2 Å². The summed E-state index contributed by atoms with van der Waals surface area (Å²) in [5, 5.41) is 3.12. The largest absolute Gasteiger partial charge is 0.315 e. The molecule has 2 nitrogen and oxygen atoms in total. The molecule has 4 heteroatoms. The van der Waals surface area contributed by atoms with Gasteiger partial charge in [0.25, 0.3) is 6.43 Å². The average molecular weight is 194 g/mol. The Bertz CT molecular complexity index is 129. The molecule has 0 fully saturated rings. The van der Waals surface area contributed by atoms with Crippen molar-refractivity contribution < 1.29 is 8.78 Å². The highest BCUT2D eigenvalue weighted by Crippen LogP contribution is 2.04. The van der Waals surface area contributed by atoms with Crippen molar-refractivity contribution in [1.29, 1.82) is 0 Å². The van der Waals surface area contributed by atoms with Gasteiger partial charge >= 0.3 is 0 Å². The summed E-state index contributed by atoms with van der Waals surface area (Å²) in [6.07, 6.45) is -2.24. The molecule has 1 N–H and O–H groups in total. The summed E-state index contributed by atoms with van der Waals surface area (Å²) in [4.78, 5) is 1.66. The molecule has 0 aliphatic rings. The molecule has 0 aliphatic heterocycles. The molecule has 0 aliphatic carbocycles. The van der Waals surface area contributed by atoms with Gasteiger partial charge in [0, 0.05) is 12.6 Å². The maximum Gasteiger partial charge on any atom is 0.251 e. The Morgan fingerprint density at radius 1 is 1.23 bits per heavy atom. The third kappa shape index (κ3) is 5.93. The van der Waals surface area contributed by atoms with Gasteiger partial charge in [0.05, 0.1) is 6.54 Å². The fourth-order valence-corrected chi connectivity index (χ4v) is 1.28. The molecule has 0 spiro atoms. The number of nitrogens with one attached hydrogen (secondary N) is 1. The molecule has 0 aromatic heterocycles. The van der Waals surface area contributed by atoms with Gasteiger partial charge in [-0.25, -0.2) is 8.78 Å². The normalized spacial score (nSPS) is 14.5. The summed E-state index contributed by atoms with van der Waals surface area (Å²) >= 11 is 0. The monoisotopic (exact) mass is 194 g/mol. The number of hydrogen-bond acceptors (Lipinski definition) is 2. The molecule has 1 atom stereocenters. The number of nitrogens with zero attached hydrogens (tertiary/aromatic N) is 1. The van der Waals surface area contributed by atoms with Crippen molar-refractivity contribution in [2.45, 2.75) is 26.3 Å². The van der Waals surface area contributed by atoms with Crippen LogP contribution in [0.5, 0.6) is 0 Å². The predicted octanol–water partition coefficient (Wildman–Crippen LogP) is 1.43. The van der Waals surface area contributed by atoms with E-state index >= 15 is 0 Å². The molecular formula is C9H20F2N2. The highest BCUT2D eigenvalue weighted by molar-refractivity contribution is 4.72. The first-order valence-corrected chi connectivity index (χ1v) is 4.61. The molecule has 0 aromatic carbocycles. The molecule has 0 aromatic rings. The zero-order valence-corrected chi connectivity index (χ0v) is 8.85. The number of halogens is 2. The van der Waals surface area contributed by atoms with E-state index in [0.717, 1.165) is 0 Å². The highest BCUT2D eigenvalue weighted by Gasteiger charge is 2.15. The number of likely N-dealkylation sites (N-methyl/N-ethyl adjacent to an activating group) is 2. The van der Waals surface area contributed by atoms with Crippen LogP contribution in [0.4, 0.5) is 8.78 Å². The van der Waals surface area contributed by atoms with Crippen molar-refractivity contribution in [3.8, 4) is 0 Å². The number of alkyl halides is 2. The van der Waals surface area contributed by atoms with Crippen LogP contribution in [0.25, 0.3) is 0 Å². The van der Waals surface area contributed by atoms with Crippen LogP contribution in [0.3, 0.4) is 0 Å². The molecule has 0 bridgehead atoms. The average Bonchev–Trinajstić information content (AvgIpc) is 1.98. The second kappa shape index (κ2) is 6.27. The van der Waals surface area contributed by atoms with Crippen molar-refractivity contribution in [2.75, 3.05) is 27.2 Å². The standard InChI is InChI=1S/C9H20F2N2/c1-7(2)8(12-3)5-13(4)6-9(10)11/h7-9,12H,5-6H2,1-4H3. The minimum Gasteiger partial charge on any atom is -0.315 e. The maximum absolute atomic E-state index is 12.0. The van der Waals surface area contributed by atoms with Gasteiger partial charge in [0.1, 0.15) is 0 Å². The summed E-state index contributed by atoms with van der Waals surface area (Å²) in [6.45, 7) is 4.68. The number of hydrogen-bond donors (Lipinski definition) is 1. The first-order chi connectivity index (χ1) is 5.97. The Morgan fingerprint density at radius 2 is 1.77 bits per heavy atom. The van der Waals surface area contributed by atoms with E-state index < -0.39 is 6.43 Å². The van der Waals surface area contributed by atoms with Crippen molar-refractivity contribution in [2.24, 2.45) is 5.92 Å². The highest BCUT2D eigenvalue weighted by atomic mass is 19.3. The van der Waals surface area contributed by atoms with Gasteiger partial charge in [-0.05, 0) is 20.0 Å². The van der Waals surface area contributed by atoms with Crippen LogP contribution in [-0.4, -0.2) is 44.6 Å². The van der Waals surface area contributed by atoms with Crippen LogP contribution >= 0.6 is 0 Å². The predicted molar refractivity (Wildman–Crippen MR) is 51.2 cm³/mol. The minimum atomic E-state index is -2.24. The lowest BCUT2D eigenvalue weighted by Crippen LogP contribution is -2.42. The topological polar surface area (TPSA) is 15.3 Å². The fraction of sp³-hybridized carbons (Fsp3) is 1.00. The van der Waals surface area contributed by atoms with Gasteiger partial charge < -0.3 is 5.32 Å². The third-order valence-electron chi connectivity index (χ3n) is 2.13. The van der Waals surface area contributed by atoms with E-state index in [1.165, 1.54) is 0 Å². The van der Waals surface area contributed by atoms with Crippen LogP contribution in [-0.2, 0) is 0 Å². The zero-order chi connectivity index (χ0) is 10.4. The molecular weight excluding hydrogens is 174 g/mol. The first kappa shape index (κ1) is 12.8. The second-order valence-electron chi connectivity index (χ2n) is 3.75. The fourth-order valence-electron chi connectivity index (χ4n) is 1.28. The summed E-state index contributed by atoms with van der Waals surface area (Å²) in [5.74, 6) is 0.463. The van der Waals surface area contributed by atoms with E-state index in [9.17, 15) is 8.78 Å². The van der Waals surface area contributed by atoms with Gasteiger partial charge in [0.15, 0.2) is 0 Å². The third-order valence-corrected chi connectivity index (χ3v) is 2.13. The van der Waals surface area contributed by atoms with Gasteiger partial charge in [-0.1, -0.05) is 13.8 Å². The van der Waals surface area contributed by atoms with Crippen LogP contribution in [0.15, 0.2) is 0 Å². The quantitative estimate of drug-likeness (QED) is 0.688. The summed E-state index contributed by atoms with van der Waals surface area (Å²) in [5.41, 5.74) is 0. The van der Waals surface area contributed by atoms with E-state index in [2.05, 4.69) is 19.2 Å². The van der Waals surface area contributed by atoms with Gasteiger partial charge in [-0.3, -0.25) is 4.90 Å². The van der Waals surface area contributed by atoms with Gasteiger partial charge in [-0.15, -0.1) is 0 Å². The van der Waals surface area contributed by atoms with Gasteiger partial charge in [-0.2, -0.15) is 0 Å². The molecule has 0 saturated carbocycles. The van der Waals surface area contributed by atoms with Crippen molar-refractivity contribution >= 4 is 0 Å². The van der Waals surface area contributed by atoms with E-state index in [-0.39, 0.29) is 12.6 Å². The van der Waals surface area contributed by atoms with Crippen molar-refractivity contribution in [3.05, 3.63) is 0 Å². The van der Waals surface area contributed by atoms with E-state index in [4.69, 9.17) is 0 Å². The van der Waals surface area contributed by atoms with Crippen molar-refractivity contribution in [3.63, 3.8) is 0 Å². The van der Waals surface area contributed by atoms with E-state index in [0.29, 0.717) is 12.5 Å². The van der Waals surface area contributed by atoms with Crippen LogP contribution < -0.4 is 5.32 Å². The molecule has 0 radical (unpaired) electrons. The molecule has 80 valence electrons. The summed E-state index contributed by atoms with van der Waals surface area (Å²) in [6, 6.07) is 0.281. The molecule has 0 saturated heterocycles. The van der Waals surface area contributed by atoms with Crippen LogP contribution in [0, 0.1) is 5.92 Å². The SMILES string of the molecule is CNC(CN(C)CC(F)F)C(C)C. The van der Waals surface area contributed by atoms with Gasteiger partial charge in [0.2, 0.25) is 0 Å². The lowest BCUT2D eigenvalue weighted by Gasteiger charge is -2.26. The van der Waals surface area contributed by atoms with Crippen LogP contribution in [0.1, 0.15) is 13.8 Å². The molecule has 0 rings (SSSR count). The lowest BCUT2D eigenvalue weighted by molar-refractivity contribution is 0.0934. The smallest absolute Gasteiger partial charge is 0.251 e. The van der Waals surface area contributed by atoms with E-state index in [1.807, 2.05) is 7.05 Å². The first-order valence-electron chi connectivity index (χ1n) is 4.61. The molecule has 1 unspecified atom stereocenters.